The molecule has 7 heteroatoms. The van der Waals surface area contributed by atoms with Crippen LogP contribution >= 0.6 is 0 Å². The Balaban J connectivity index is 0. The van der Waals surface area contributed by atoms with Gasteiger partial charge in [-0.3, -0.25) is 14.5 Å². The molecule has 0 aromatic carbocycles. The van der Waals surface area contributed by atoms with Gasteiger partial charge in [-0.1, -0.05) is 13.8 Å². The first kappa shape index (κ1) is 22.5. The van der Waals surface area contributed by atoms with Crippen LogP contribution in [0.2, 0.25) is 0 Å². The van der Waals surface area contributed by atoms with Crippen molar-refractivity contribution in [2.45, 2.75) is 64.8 Å². The predicted molar refractivity (Wildman–Crippen MR) is 76.0 cm³/mol. The van der Waals surface area contributed by atoms with Gasteiger partial charge < -0.3 is 10.8 Å². The Hall–Kier alpha value is -0.807. The molecule has 1 atom stereocenters. The van der Waals surface area contributed by atoms with E-state index < -0.39 is 23.8 Å². The fourth-order valence-corrected chi connectivity index (χ4v) is 2.00. The summed E-state index contributed by atoms with van der Waals surface area (Å²) in [5.41, 5.74) is 5.39. The van der Waals surface area contributed by atoms with Crippen molar-refractivity contribution in [2.75, 3.05) is 6.54 Å². The van der Waals surface area contributed by atoms with E-state index in [4.69, 9.17) is 5.73 Å². The Morgan fingerprint density at radius 2 is 1.52 bits per heavy atom. The molecule has 0 fully saturated rings. The second-order valence-corrected chi connectivity index (χ2v) is 4.80. The van der Waals surface area contributed by atoms with E-state index in [0.29, 0.717) is 32.2 Å². The maximum atomic E-state index is 12.1. The van der Waals surface area contributed by atoms with E-state index in [1.165, 1.54) is 0 Å². The number of nitrogens with two attached hydrogens (primary N) is 1. The number of amides is 2. The molecule has 2 amide bonds. The Kier molecular flexibility index (Phi) is 13.8. The van der Waals surface area contributed by atoms with Crippen molar-refractivity contribution in [2.24, 2.45) is 5.73 Å². The topological polar surface area (TPSA) is 101 Å². The van der Waals surface area contributed by atoms with Gasteiger partial charge in [0.2, 0.25) is 11.8 Å². The number of rotatable bonds is 10. The molecule has 0 aliphatic carbocycles. The van der Waals surface area contributed by atoms with E-state index in [0.717, 1.165) is 4.90 Å². The predicted octanol–water partition coefficient (Wildman–Crippen LogP) is 1.52. The molecule has 0 bridgehead atoms. The molecule has 118 valence electrons. The van der Waals surface area contributed by atoms with Gasteiger partial charge in [0, 0.05) is 32.3 Å². The van der Waals surface area contributed by atoms with E-state index >= 15 is 0 Å². The summed E-state index contributed by atoms with van der Waals surface area (Å²) >= 11 is 0. The number of hydrogen-bond acceptors (Lipinski definition) is 4. The summed E-state index contributed by atoms with van der Waals surface area (Å²) in [7, 11) is 0. The zero-order valence-electron chi connectivity index (χ0n) is 13.1. The molecule has 0 saturated carbocycles. The third kappa shape index (κ3) is 8.27. The molecule has 0 saturated heterocycles. The number of aliphatic carboxylic acids is 1. The summed E-state index contributed by atoms with van der Waals surface area (Å²) in [5, 5.41) is 9.30. The van der Waals surface area contributed by atoms with Crippen LogP contribution in [-0.4, -0.2) is 40.4 Å². The largest absolute Gasteiger partial charge is 0.480 e. The van der Waals surface area contributed by atoms with Crippen LogP contribution in [-0.2, 0) is 33.9 Å². The summed E-state index contributed by atoms with van der Waals surface area (Å²) in [6.45, 7) is 4.12. The van der Waals surface area contributed by atoms with Crippen LogP contribution in [0, 0.1) is 0 Å². The van der Waals surface area contributed by atoms with Crippen molar-refractivity contribution in [3.8, 4) is 0 Å². The smallest absolute Gasteiger partial charge is 0.326 e. The van der Waals surface area contributed by atoms with Gasteiger partial charge in [0.05, 0.1) is 0 Å². The van der Waals surface area contributed by atoms with Gasteiger partial charge in [-0.2, -0.15) is 0 Å². The average Bonchev–Trinajstić information content (AvgIpc) is 2.38. The van der Waals surface area contributed by atoms with E-state index in [1.54, 1.807) is 0 Å². The molecule has 0 aliphatic rings. The van der Waals surface area contributed by atoms with Gasteiger partial charge >= 0.3 is 5.97 Å². The van der Waals surface area contributed by atoms with Crippen molar-refractivity contribution >= 4 is 17.8 Å². The minimum absolute atomic E-state index is 0. The maximum absolute atomic E-state index is 12.1. The number of carboxylic acid groups (broad SMARTS) is 1. The van der Waals surface area contributed by atoms with Crippen LogP contribution in [0.5, 0.6) is 0 Å². The van der Waals surface area contributed by atoms with E-state index in [1.807, 2.05) is 13.8 Å². The van der Waals surface area contributed by atoms with Crippen molar-refractivity contribution in [3.63, 3.8) is 0 Å². The minimum Gasteiger partial charge on any atom is -0.480 e. The first-order valence-corrected chi connectivity index (χ1v) is 7.27. The summed E-state index contributed by atoms with van der Waals surface area (Å²) in [6, 6.07) is -1.07. The number of carbonyl (C=O) groups is 3. The van der Waals surface area contributed by atoms with Gasteiger partial charge in [-0.15, -0.1) is 0 Å². The number of imide groups is 1. The summed E-state index contributed by atoms with van der Waals surface area (Å²) in [6.07, 6.45) is 3.09. The Labute approximate surface area is 139 Å². The quantitative estimate of drug-likeness (QED) is 0.459. The molecule has 0 aliphatic heterocycles. The van der Waals surface area contributed by atoms with E-state index in [9.17, 15) is 19.5 Å². The number of nitrogens with zero attached hydrogens (tertiary/aromatic N) is 1. The number of carboxylic acids is 1. The molecule has 0 rings (SSSR count). The van der Waals surface area contributed by atoms with Crippen LogP contribution in [0.1, 0.15) is 58.8 Å². The van der Waals surface area contributed by atoms with E-state index in [-0.39, 0.29) is 38.7 Å². The van der Waals surface area contributed by atoms with Crippen molar-refractivity contribution < 1.29 is 39.0 Å². The number of carbonyl (C=O) groups excluding carboxylic acids is 2. The van der Waals surface area contributed by atoms with Gasteiger partial charge in [0.15, 0.2) is 0 Å². The molecule has 0 unspecified atom stereocenters. The molecule has 0 aromatic heterocycles. The monoisotopic (exact) mass is 350 g/mol. The van der Waals surface area contributed by atoms with Crippen molar-refractivity contribution in [1.82, 2.24) is 4.90 Å². The molecule has 6 nitrogen and oxygen atoms in total. The first-order valence-electron chi connectivity index (χ1n) is 7.27. The molecular formula is C14H26N2O4Zn. The van der Waals surface area contributed by atoms with Gasteiger partial charge in [-0.05, 0) is 38.6 Å². The molecular weight excluding hydrogens is 326 g/mol. The standard InChI is InChI=1S/C14H26N2O4.Zn/c1-3-7-12(17)16(13(18)8-4-2)11(14(19)20)9-5-6-10-15;/h11H,3-10,15H2,1-2H3,(H,19,20);/t11-;/m0./s1. The number of unbranched alkanes of at least 4 members (excludes halogenated alkanes) is 1. The summed E-state index contributed by atoms with van der Waals surface area (Å²) < 4.78 is 0. The molecule has 0 heterocycles. The Morgan fingerprint density at radius 1 is 1.05 bits per heavy atom. The molecule has 0 spiro atoms. The Morgan fingerprint density at radius 3 is 1.86 bits per heavy atom. The average molecular weight is 352 g/mol. The zero-order chi connectivity index (χ0) is 15.5. The fraction of sp³-hybridized carbons (Fsp3) is 0.786. The van der Waals surface area contributed by atoms with Gasteiger partial charge in [0.25, 0.3) is 0 Å². The third-order valence-corrected chi connectivity index (χ3v) is 2.99. The number of hydrogen-bond donors (Lipinski definition) is 2. The zero-order valence-corrected chi connectivity index (χ0v) is 16.1. The molecule has 3 N–H and O–H groups in total. The molecule has 0 radical (unpaired) electrons. The maximum Gasteiger partial charge on any atom is 0.326 e. The van der Waals surface area contributed by atoms with Crippen molar-refractivity contribution in [3.05, 3.63) is 0 Å². The van der Waals surface area contributed by atoms with Crippen molar-refractivity contribution in [1.29, 1.82) is 0 Å². The SMILES string of the molecule is CCCC(=O)N(C(=O)CCC)[C@@H](CCCCN)C(=O)O.[Zn]. The van der Waals surface area contributed by atoms with Crippen LogP contribution < -0.4 is 5.73 Å². The fourth-order valence-electron chi connectivity index (χ4n) is 2.00. The minimum atomic E-state index is -1.13. The van der Waals surface area contributed by atoms with Crippen LogP contribution in [0.15, 0.2) is 0 Å². The third-order valence-electron chi connectivity index (χ3n) is 2.99. The van der Waals surface area contributed by atoms with Crippen LogP contribution in [0.4, 0.5) is 0 Å². The molecule has 21 heavy (non-hydrogen) atoms. The van der Waals surface area contributed by atoms with Gasteiger partial charge in [-0.25, -0.2) is 4.79 Å². The summed E-state index contributed by atoms with van der Waals surface area (Å²) in [4.78, 5) is 36.4. The second kappa shape index (κ2) is 12.9. The van der Waals surface area contributed by atoms with E-state index in [2.05, 4.69) is 0 Å². The van der Waals surface area contributed by atoms with Gasteiger partial charge in [0.1, 0.15) is 6.04 Å². The Bertz CT molecular complexity index is 319. The molecule has 0 aromatic rings. The normalized spacial score (nSPS) is 11.4. The second-order valence-electron chi connectivity index (χ2n) is 4.80. The van der Waals surface area contributed by atoms with Crippen LogP contribution in [0.25, 0.3) is 0 Å². The summed E-state index contributed by atoms with van der Waals surface area (Å²) in [5.74, 6) is -1.92. The first-order chi connectivity index (χ1) is 9.49. The van der Waals surface area contributed by atoms with Crippen LogP contribution in [0.3, 0.4) is 0 Å².